The van der Waals surface area contributed by atoms with Crippen LogP contribution < -0.4 is 0 Å². The fourth-order valence-corrected chi connectivity index (χ4v) is 1.27. The lowest BCUT2D eigenvalue weighted by atomic mass is 10.2. The van der Waals surface area contributed by atoms with Gasteiger partial charge in [-0.3, -0.25) is 0 Å². The molecular weight excluding hydrogens is 128 g/mol. The van der Waals surface area contributed by atoms with Crippen molar-refractivity contribution in [3.63, 3.8) is 0 Å². The Bertz CT molecular complexity index is 189. The number of aromatic amines is 1. The van der Waals surface area contributed by atoms with E-state index < -0.39 is 0 Å². The molecule has 1 saturated heterocycles. The normalized spacial score (nSPS) is 25.4. The van der Waals surface area contributed by atoms with Gasteiger partial charge in [-0.05, 0) is 12.8 Å². The highest BCUT2D eigenvalue weighted by molar-refractivity contribution is 5.00. The van der Waals surface area contributed by atoms with Crippen molar-refractivity contribution in [1.29, 1.82) is 0 Å². The highest BCUT2D eigenvalue weighted by Gasteiger charge is 2.17. The van der Waals surface area contributed by atoms with Crippen molar-refractivity contribution in [1.82, 2.24) is 9.97 Å². The molecule has 1 N–H and O–H groups in total. The molecule has 1 aliphatic heterocycles. The second kappa shape index (κ2) is 2.42. The predicted octanol–water partition coefficient (Wildman–Crippen LogP) is 1.26. The van der Waals surface area contributed by atoms with Crippen LogP contribution in [0.3, 0.4) is 0 Å². The minimum Gasteiger partial charge on any atom is -0.372 e. The number of imidazole rings is 1. The van der Waals surface area contributed by atoms with Crippen LogP contribution in [-0.2, 0) is 4.74 Å². The predicted molar refractivity (Wildman–Crippen MR) is 36.5 cm³/mol. The Kier molecular flexibility index (Phi) is 1.43. The lowest BCUT2D eigenvalue weighted by Crippen LogP contribution is -1.94. The molecule has 0 bridgehead atoms. The first-order valence-corrected chi connectivity index (χ1v) is 3.57. The summed E-state index contributed by atoms with van der Waals surface area (Å²) in [5, 5.41) is 0. The summed E-state index contributed by atoms with van der Waals surface area (Å²) in [6, 6.07) is 0. The van der Waals surface area contributed by atoms with Gasteiger partial charge in [0.05, 0.1) is 24.3 Å². The van der Waals surface area contributed by atoms with Gasteiger partial charge in [-0.15, -0.1) is 0 Å². The largest absolute Gasteiger partial charge is 0.372 e. The lowest BCUT2D eigenvalue weighted by molar-refractivity contribution is 0.109. The monoisotopic (exact) mass is 138 g/mol. The number of aromatic nitrogens is 2. The minimum absolute atomic E-state index is 0.280. The van der Waals surface area contributed by atoms with Gasteiger partial charge in [0.1, 0.15) is 0 Å². The van der Waals surface area contributed by atoms with E-state index in [1.165, 1.54) is 6.42 Å². The molecule has 1 aromatic rings. The van der Waals surface area contributed by atoms with Crippen LogP contribution in [0.5, 0.6) is 0 Å². The van der Waals surface area contributed by atoms with Gasteiger partial charge in [-0.1, -0.05) is 0 Å². The van der Waals surface area contributed by atoms with Crippen molar-refractivity contribution in [3.05, 3.63) is 18.2 Å². The average molecular weight is 138 g/mol. The van der Waals surface area contributed by atoms with E-state index >= 15 is 0 Å². The molecule has 1 aliphatic rings. The maximum atomic E-state index is 5.43. The van der Waals surface area contributed by atoms with Crippen molar-refractivity contribution in [2.45, 2.75) is 18.9 Å². The zero-order valence-corrected chi connectivity index (χ0v) is 5.71. The molecule has 2 heterocycles. The molecule has 0 amide bonds. The summed E-state index contributed by atoms with van der Waals surface area (Å²) < 4.78 is 5.43. The Balaban J connectivity index is 2.12. The van der Waals surface area contributed by atoms with E-state index in [1.54, 1.807) is 6.33 Å². The van der Waals surface area contributed by atoms with Crippen LogP contribution >= 0.6 is 0 Å². The number of nitrogens with zero attached hydrogens (tertiary/aromatic N) is 1. The smallest absolute Gasteiger partial charge is 0.0989 e. The molecule has 0 radical (unpaired) electrons. The SMILES string of the molecule is c1ncc([C@H]2CCCO2)[nH]1. The van der Waals surface area contributed by atoms with Crippen LogP contribution in [0.4, 0.5) is 0 Å². The van der Waals surface area contributed by atoms with Crippen molar-refractivity contribution < 1.29 is 4.74 Å². The lowest BCUT2D eigenvalue weighted by Gasteiger charge is -2.03. The minimum atomic E-state index is 0.280. The van der Waals surface area contributed by atoms with E-state index in [4.69, 9.17) is 4.74 Å². The van der Waals surface area contributed by atoms with Gasteiger partial charge in [-0.2, -0.15) is 0 Å². The summed E-state index contributed by atoms with van der Waals surface area (Å²) >= 11 is 0. The van der Waals surface area contributed by atoms with Crippen LogP contribution in [0.15, 0.2) is 12.5 Å². The summed E-state index contributed by atoms with van der Waals surface area (Å²) in [4.78, 5) is 6.97. The van der Waals surface area contributed by atoms with Gasteiger partial charge in [0.2, 0.25) is 0 Å². The zero-order valence-electron chi connectivity index (χ0n) is 5.71. The number of ether oxygens (including phenoxy) is 1. The fourth-order valence-electron chi connectivity index (χ4n) is 1.27. The number of rotatable bonds is 1. The van der Waals surface area contributed by atoms with Crippen molar-refractivity contribution in [2.75, 3.05) is 6.61 Å². The van der Waals surface area contributed by atoms with Gasteiger partial charge in [0.15, 0.2) is 0 Å². The molecule has 1 atom stereocenters. The van der Waals surface area contributed by atoms with Gasteiger partial charge in [0, 0.05) is 6.61 Å². The Morgan fingerprint density at radius 2 is 2.70 bits per heavy atom. The average Bonchev–Trinajstić information content (AvgIpc) is 2.59. The molecule has 1 aromatic heterocycles. The molecule has 1 fully saturated rings. The molecular formula is C7H10N2O. The van der Waals surface area contributed by atoms with E-state index in [2.05, 4.69) is 9.97 Å². The number of hydrogen-bond acceptors (Lipinski definition) is 2. The van der Waals surface area contributed by atoms with Gasteiger partial charge < -0.3 is 9.72 Å². The van der Waals surface area contributed by atoms with Crippen LogP contribution in [0, 0.1) is 0 Å². The number of hydrogen-bond donors (Lipinski definition) is 1. The molecule has 3 nitrogen and oxygen atoms in total. The second-order valence-electron chi connectivity index (χ2n) is 2.51. The topological polar surface area (TPSA) is 37.9 Å². The Morgan fingerprint density at radius 3 is 3.30 bits per heavy atom. The van der Waals surface area contributed by atoms with E-state index in [0.717, 1.165) is 18.7 Å². The summed E-state index contributed by atoms with van der Waals surface area (Å²) in [5.41, 5.74) is 1.11. The van der Waals surface area contributed by atoms with Crippen molar-refractivity contribution in [2.24, 2.45) is 0 Å². The molecule has 2 rings (SSSR count). The maximum Gasteiger partial charge on any atom is 0.0989 e. The third kappa shape index (κ3) is 0.926. The quantitative estimate of drug-likeness (QED) is 0.634. The van der Waals surface area contributed by atoms with Gasteiger partial charge in [0.25, 0.3) is 0 Å². The van der Waals surface area contributed by atoms with Crippen LogP contribution in [0.1, 0.15) is 24.6 Å². The molecule has 0 unspecified atom stereocenters. The molecule has 0 spiro atoms. The van der Waals surface area contributed by atoms with Crippen LogP contribution in [0.2, 0.25) is 0 Å². The summed E-state index contributed by atoms with van der Waals surface area (Å²) in [6.07, 6.45) is 6.10. The van der Waals surface area contributed by atoms with E-state index in [0.29, 0.717) is 0 Å². The van der Waals surface area contributed by atoms with Crippen molar-refractivity contribution in [3.8, 4) is 0 Å². The highest BCUT2D eigenvalue weighted by atomic mass is 16.5. The Labute approximate surface area is 59.4 Å². The van der Waals surface area contributed by atoms with Crippen LogP contribution in [0.25, 0.3) is 0 Å². The standard InChI is InChI=1S/C7H10N2O/c1-2-7(10-3-1)6-4-8-5-9-6/h4-5,7H,1-3H2,(H,8,9)/t7-/m1/s1. The Morgan fingerprint density at radius 1 is 1.70 bits per heavy atom. The van der Waals surface area contributed by atoms with Crippen LogP contribution in [-0.4, -0.2) is 16.6 Å². The summed E-state index contributed by atoms with van der Waals surface area (Å²) in [6.45, 7) is 0.893. The molecule has 54 valence electrons. The first kappa shape index (κ1) is 5.92. The molecule has 3 heteroatoms. The third-order valence-corrected chi connectivity index (χ3v) is 1.80. The van der Waals surface area contributed by atoms with Gasteiger partial charge >= 0.3 is 0 Å². The van der Waals surface area contributed by atoms with E-state index in [9.17, 15) is 0 Å². The van der Waals surface area contributed by atoms with E-state index in [-0.39, 0.29) is 6.10 Å². The van der Waals surface area contributed by atoms with E-state index in [1.807, 2.05) is 6.20 Å². The number of H-pyrrole nitrogens is 1. The molecule has 0 aromatic carbocycles. The first-order chi connectivity index (χ1) is 4.97. The van der Waals surface area contributed by atoms with Crippen molar-refractivity contribution >= 4 is 0 Å². The zero-order chi connectivity index (χ0) is 6.81. The Hall–Kier alpha value is -0.830. The second-order valence-corrected chi connectivity index (χ2v) is 2.51. The summed E-state index contributed by atoms with van der Waals surface area (Å²) in [7, 11) is 0. The highest BCUT2D eigenvalue weighted by Crippen LogP contribution is 2.25. The fraction of sp³-hybridized carbons (Fsp3) is 0.571. The first-order valence-electron chi connectivity index (χ1n) is 3.57. The molecule has 0 saturated carbocycles. The maximum absolute atomic E-state index is 5.43. The van der Waals surface area contributed by atoms with Gasteiger partial charge in [-0.25, -0.2) is 4.98 Å². The molecule has 10 heavy (non-hydrogen) atoms. The molecule has 0 aliphatic carbocycles. The summed E-state index contributed by atoms with van der Waals surface area (Å²) in [5.74, 6) is 0. The number of nitrogens with one attached hydrogen (secondary N) is 1. The third-order valence-electron chi connectivity index (χ3n) is 1.80.